The van der Waals surface area contributed by atoms with Gasteiger partial charge in [-0.15, -0.1) is 0 Å². The fourth-order valence-electron chi connectivity index (χ4n) is 1.56. The van der Waals surface area contributed by atoms with E-state index in [1.165, 1.54) is 36.7 Å². The molecule has 0 bridgehead atoms. The second-order valence-electron chi connectivity index (χ2n) is 4.16. The summed E-state index contributed by atoms with van der Waals surface area (Å²) < 4.78 is 39.7. The lowest BCUT2D eigenvalue weighted by molar-refractivity contribution is -0.0498. The van der Waals surface area contributed by atoms with Crippen molar-refractivity contribution < 1.29 is 22.5 Å². The average molecular weight is 392 g/mol. The molecule has 0 aliphatic heterocycles. The van der Waals surface area contributed by atoms with Crippen molar-refractivity contribution in [3.8, 4) is 5.75 Å². The molecule has 0 saturated heterocycles. The Kier molecular flexibility index (Phi) is 8.36. The lowest BCUT2D eigenvalue weighted by Crippen LogP contribution is -2.16. The molecule has 0 radical (unpaired) electrons. The summed E-state index contributed by atoms with van der Waals surface area (Å²) in [6.45, 7) is 1.07. The first-order chi connectivity index (χ1) is 11.9. The number of nitrogens with zero attached hydrogens (tertiary/aromatic N) is 2. The van der Waals surface area contributed by atoms with Gasteiger partial charge in [0.1, 0.15) is 5.75 Å². The molecule has 136 valence electrons. The molecule has 1 heterocycles. The Morgan fingerprint density at radius 2 is 1.88 bits per heavy atom. The number of halogens is 3. The third-order valence-corrected chi connectivity index (χ3v) is 3.52. The second kappa shape index (κ2) is 10.00. The van der Waals surface area contributed by atoms with Crippen LogP contribution in [0.1, 0.15) is 24.3 Å². The molecule has 25 heavy (non-hydrogen) atoms. The molecule has 0 saturated carbocycles. The summed E-state index contributed by atoms with van der Waals surface area (Å²) in [7, 11) is -1.47. The first-order valence-electron chi connectivity index (χ1n) is 7.09. The van der Waals surface area contributed by atoms with Crippen LogP contribution < -0.4 is 10.1 Å². The van der Waals surface area contributed by atoms with Crippen LogP contribution in [0.2, 0.25) is 5.02 Å². The van der Waals surface area contributed by atoms with E-state index in [2.05, 4.69) is 20.0 Å². The van der Waals surface area contributed by atoms with E-state index in [-0.39, 0.29) is 21.6 Å². The Balaban J connectivity index is 0.00000151. The number of anilines is 1. The number of aromatic nitrogens is 2. The normalized spacial score (nSPS) is 11.3. The third kappa shape index (κ3) is 6.35. The van der Waals surface area contributed by atoms with E-state index in [0.717, 1.165) is 0 Å². The van der Waals surface area contributed by atoms with Crippen LogP contribution >= 0.6 is 11.6 Å². The van der Waals surface area contributed by atoms with Crippen molar-refractivity contribution in [1.82, 2.24) is 9.97 Å². The van der Waals surface area contributed by atoms with E-state index < -0.39 is 23.3 Å². The molecule has 1 atom stereocenters. The summed E-state index contributed by atoms with van der Waals surface area (Å²) >= 11 is 5.86. The van der Waals surface area contributed by atoms with Crippen molar-refractivity contribution in [2.45, 2.75) is 25.6 Å². The monoisotopic (exact) mass is 391 g/mol. The number of benzene rings is 1. The van der Waals surface area contributed by atoms with E-state index >= 15 is 0 Å². The van der Waals surface area contributed by atoms with Crippen LogP contribution in [0.5, 0.6) is 5.75 Å². The molecule has 0 spiro atoms. The van der Waals surface area contributed by atoms with Crippen LogP contribution in [0.4, 0.5) is 14.5 Å². The van der Waals surface area contributed by atoms with Crippen molar-refractivity contribution in [2.75, 3.05) is 11.6 Å². The molecule has 1 aromatic heterocycles. The fraction of sp³-hybridized carbons (Fsp3) is 0.267. The number of hydrogen-bond acceptors (Lipinski definition) is 5. The summed E-state index contributed by atoms with van der Waals surface area (Å²) in [6, 6.07) is 5.30. The highest BCUT2D eigenvalue weighted by Gasteiger charge is 2.16. The Morgan fingerprint density at radius 3 is 2.40 bits per heavy atom. The number of amides is 1. The van der Waals surface area contributed by atoms with Gasteiger partial charge in [0, 0.05) is 11.9 Å². The molecule has 1 unspecified atom stereocenters. The summed E-state index contributed by atoms with van der Waals surface area (Å²) in [4.78, 5) is 19.7. The predicted octanol–water partition coefficient (Wildman–Crippen LogP) is 3.75. The number of hydrogen-bond donors (Lipinski definition) is 1. The van der Waals surface area contributed by atoms with Gasteiger partial charge in [0.25, 0.3) is 5.91 Å². The van der Waals surface area contributed by atoms with Crippen LogP contribution in [-0.4, -0.2) is 33.0 Å². The Bertz CT molecular complexity index is 745. The van der Waals surface area contributed by atoms with Gasteiger partial charge in [-0.3, -0.25) is 9.00 Å². The summed E-state index contributed by atoms with van der Waals surface area (Å²) in [5.41, 5.74) is 0.185. The zero-order valence-electron chi connectivity index (χ0n) is 13.6. The predicted molar refractivity (Wildman–Crippen MR) is 91.7 cm³/mol. The SMILES string of the molecule is CC.CS(=O)c1ncc(Cl)c(C(=O)Nc2ccc(OC(F)F)cc2)n1. The van der Waals surface area contributed by atoms with Gasteiger partial charge in [0.05, 0.1) is 22.0 Å². The van der Waals surface area contributed by atoms with Gasteiger partial charge in [-0.1, -0.05) is 25.4 Å². The molecule has 6 nitrogen and oxygen atoms in total. The van der Waals surface area contributed by atoms with Crippen LogP contribution in [0.15, 0.2) is 35.6 Å². The first kappa shape index (κ1) is 20.9. The van der Waals surface area contributed by atoms with Crippen molar-refractivity contribution in [1.29, 1.82) is 0 Å². The lowest BCUT2D eigenvalue weighted by Gasteiger charge is -2.08. The highest BCUT2D eigenvalue weighted by molar-refractivity contribution is 7.84. The largest absolute Gasteiger partial charge is 0.435 e. The number of rotatable bonds is 5. The minimum atomic E-state index is -2.93. The number of ether oxygens (including phenoxy) is 1. The van der Waals surface area contributed by atoms with Gasteiger partial charge >= 0.3 is 6.61 Å². The van der Waals surface area contributed by atoms with E-state index in [1.807, 2.05) is 13.8 Å². The molecule has 1 amide bonds. The van der Waals surface area contributed by atoms with Crippen LogP contribution in [0.25, 0.3) is 0 Å². The molecule has 0 aliphatic carbocycles. The molecule has 0 aliphatic rings. The zero-order chi connectivity index (χ0) is 19.0. The first-order valence-corrected chi connectivity index (χ1v) is 9.02. The Hall–Kier alpha value is -2.13. The maximum atomic E-state index is 12.1. The smallest absolute Gasteiger partial charge is 0.387 e. The molecule has 2 rings (SSSR count). The molecule has 2 aromatic rings. The van der Waals surface area contributed by atoms with Gasteiger partial charge in [0.15, 0.2) is 5.69 Å². The van der Waals surface area contributed by atoms with Gasteiger partial charge in [0.2, 0.25) is 5.16 Å². The van der Waals surface area contributed by atoms with Crippen molar-refractivity contribution >= 4 is 34.0 Å². The highest BCUT2D eigenvalue weighted by atomic mass is 35.5. The summed E-state index contributed by atoms with van der Waals surface area (Å²) in [5, 5.41) is 2.46. The van der Waals surface area contributed by atoms with E-state index in [1.54, 1.807) is 0 Å². The van der Waals surface area contributed by atoms with Crippen molar-refractivity contribution in [2.24, 2.45) is 0 Å². The summed E-state index contributed by atoms with van der Waals surface area (Å²) in [5.74, 6) is -0.687. The number of nitrogens with one attached hydrogen (secondary N) is 1. The van der Waals surface area contributed by atoms with Gasteiger partial charge in [-0.05, 0) is 24.3 Å². The maximum absolute atomic E-state index is 12.1. The van der Waals surface area contributed by atoms with Crippen LogP contribution in [0.3, 0.4) is 0 Å². The molecular formula is C15H16ClF2N3O3S. The van der Waals surface area contributed by atoms with Gasteiger partial charge in [-0.25, -0.2) is 9.97 Å². The molecule has 0 fully saturated rings. The Morgan fingerprint density at radius 1 is 1.28 bits per heavy atom. The second-order valence-corrected chi connectivity index (χ2v) is 5.84. The average Bonchev–Trinajstić information content (AvgIpc) is 2.58. The standard InChI is InChI=1S/C13H10ClF2N3O3S.C2H6/c1-23(21)13-17-6-9(14)10(19-13)11(20)18-7-2-4-8(5-3-7)22-12(15)16;1-2/h2-6,12H,1H3,(H,18,20);1-2H3. The molecule has 10 heteroatoms. The third-order valence-electron chi connectivity index (χ3n) is 2.53. The van der Waals surface area contributed by atoms with E-state index in [9.17, 15) is 17.8 Å². The zero-order valence-corrected chi connectivity index (χ0v) is 15.2. The van der Waals surface area contributed by atoms with E-state index in [0.29, 0.717) is 5.69 Å². The van der Waals surface area contributed by atoms with Gasteiger partial charge in [-0.2, -0.15) is 8.78 Å². The highest BCUT2D eigenvalue weighted by Crippen LogP contribution is 2.19. The van der Waals surface area contributed by atoms with Crippen LogP contribution in [-0.2, 0) is 10.8 Å². The molecular weight excluding hydrogens is 376 g/mol. The topological polar surface area (TPSA) is 81.2 Å². The molecule has 1 aromatic carbocycles. The minimum absolute atomic E-state index is 0.00523. The lowest BCUT2D eigenvalue weighted by atomic mass is 10.3. The quantitative estimate of drug-likeness (QED) is 0.785. The number of carbonyl (C=O) groups excluding carboxylic acids is 1. The fourth-order valence-corrected chi connectivity index (χ4v) is 2.16. The van der Waals surface area contributed by atoms with Crippen molar-refractivity contribution in [3.63, 3.8) is 0 Å². The number of carbonyl (C=O) groups is 1. The Labute approximate surface area is 151 Å². The van der Waals surface area contributed by atoms with E-state index in [4.69, 9.17) is 11.6 Å². The van der Waals surface area contributed by atoms with Crippen LogP contribution in [0, 0.1) is 0 Å². The summed E-state index contributed by atoms with van der Waals surface area (Å²) in [6.07, 6.45) is 2.55. The minimum Gasteiger partial charge on any atom is -0.435 e. The maximum Gasteiger partial charge on any atom is 0.387 e. The van der Waals surface area contributed by atoms with Crippen molar-refractivity contribution in [3.05, 3.63) is 41.2 Å². The molecule has 1 N–H and O–H groups in total. The number of alkyl halides is 2. The van der Waals surface area contributed by atoms with Gasteiger partial charge < -0.3 is 10.1 Å².